The van der Waals surface area contributed by atoms with Crippen LogP contribution in [0.4, 0.5) is 5.95 Å². The van der Waals surface area contributed by atoms with Crippen LogP contribution in [0.25, 0.3) is 0 Å². The van der Waals surface area contributed by atoms with Gasteiger partial charge in [-0.1, -0.05) is 6.07 Å². The summed E-state index contributed by atoms with van der Waals surface area (Å²) in [5, 5.41) is 4.14. The van der Waals surface area contributed by atoms with E-state index in [1.165, 1.54) is 0 Å². The Morgan fingerprint density at radius 2 is 1.81 bits per heavy atom. The number of benzene rings is 1. The normalized spacial score (nSPS) is 10.7. The highest BCUT2D eigenvalue weighted by atomic mass is 16.5. The van der Waals surface area contributed by atoms with Crippen molar-refractivity contribution >= 4 is 12.2 Å². The molecule has 1 N–H and O–H groups in total. The molecule has 1 aromatic carbocycles. The van der Waals surface area contributed by atoms with Gasteiger partial charge < -0.3 is 9.47 Å². The summed E-state index contributed by atoms with van der Waals surface area (Å²) in [7, 11) is 3.19. The molecular weight excluding hydrogens is 268 g/mol. The number of nitrogens with zero attached hydrogens (tertiary/aromatic N) is 3. The molecule has 6 heteroatoms. The third-order valence-electron chi connectivity index (χ3n) is 2.78. The van der Waals surface area contributed by atoms with Crippen LogP contribution in [0.15, 0.2) is 29.4 Å². The Labute approximate surface area is 123 Å². The van der Waals surface area contributed by atoms with E-state index in [2.05, 4.69) is 20.5 Å². The van der Waals surface area contributed by atoms with Gasteiger partial charge in [0, 0.05) is 17.0 Å². The summed E-state index contributed by atoms with van der Waals surface area (Å²) in [5.74, 6) is 1.75. The van der Waals surface area contributed by atoms with Gasteiger partial charge in [-0.05, 0) is 32.0 Å². The number of hydrogen-bond donors (Lipinski definition) is 1. The molecule has 21 heavy (non-hydrogen) atoms. The first-order valence-electron chi connectivity index (χ1n) is 6.46. The number of methoxy groups -OCH3 is 2. The molecule has 0 bridgehead atoms. The highest BCUT2D eigenvalue weighted by Gasteiger charge is 2.07. The van der Waals surface area contributed by atoms with Gasteiger partial charge in [-0.2, -0.15) is 5.10 Å². The number of rotatable bonds is 5. The number of ether oxygens (including phenoxy) is 2. The maximum Gasteiger partial charge on any atom is 0.243 e. The summed E-state index contributed by atoms with van der Waals surface area (Å²) in [6.45, 7) is 3.82. The van der Waals surface area contributed by atoms with Crippen LogP contribution in [0.5, 0.6) is 11.5 Å². The van der Waals surface area contributed by atoms with E-state index in [1.807, 2.05) is 38.1 Å². The lowest BCUT2D eigenvalue weighted by atomic mass is 10.2. The van der Waals surface area contributed by atoms with Crippen LogP contribution in [0.2, 0.25) is 0 Å². The fraction of sp³-hybridized carbons (Fsp3) is 0.267. The molecule has 2 rings (SSSR count). The predicted molar refractivity (Wildman–Crippen MR) is 82.3 cm³/mol. The second-order valence-electron chi connectivity index (χ2n) is 4.43. The number of aryl methyl sites for hydroxylation is 2. The lowest BCUT2D eigenvalue weighted by Crippen LogP contribution is -2.00. The fourth-order valence-corrected chi connectivity index (χ4v) is 1.95. The van der Waals surface area contributed by atoms with Crippen LogP contribution >= 0.6 is 0 Å². The summed E-state index contributed by atoms with van der Waals surface area (Å²) in [4.78, 5) is 8.50. The molecule has 0 radical (unpaired) electrons. The Morgan fingerprint density at radius 3 is 2.43 bits per heavy atom. The van der Waals surface area contributed by atoms with Crippen LogP contribution in [-0.4, -0.2) is 30.4 Å². The Morgan fingerprint density at radius 1 is 1.10 bits per heavy atom. The van der Waals surface area contributed by atoms with Crippen molar-refractivity contribution in [2.45, 2.75) is 13.8 Å². The van der Waals surface area contributed by atoms with E-state index in [-0.39, 0.29) is 0 Å². The van der Waals surface area contributed by atoms with E-state index in [4.69, 9.17) is 9.47 Å². The van der Waals surface area contributed by atoms with E-state index >= 15 is 0 Å². The van der Waals surface area contributed by atoms with Crippen molar-refractivity contribution in [3.05, 3.63) is 41.2 Å². The highest BCUT2D eigenvalue weighted by molar-refractivity contribution is 5.85. The molecular formula is C15H18N4O2. The van der Waals surface area contributed by atoms with E-state index in [0.717, 1.165) is 17.0 Å². The van der Waals surface area contributed by atoms with Crippen LogP contribution in [0.1, 0.15) is 17.0 Å². The largest absolute Gasteiger partial charge is 0.493 e. The molecule has 110 valence electrons. The first kappa shape index (κ1) is 14.8. The average molecular weight is 286 g/mol. The molecule has 0 amide bonds. The first-order valence-corrected chi connectivity index (χ1v) is 6.46. The molecule has 0 saturated carbocycles. The quantitative estimate of drug-likeness (QED) is 0.675. The molecule has 0 spiro atoms. The van der Waals surface area contributed by atoms with Crippen molar-refractivity contribution < 1.29 is 9.47 Å². The molecule has 0 saturated heterocycles. The zero-order valence-electron chi connectivity index (χ0n) is 12.5. The molecule has 1 aromatic heterocycles. The van der Waals surface area contributed by atoms with E-state index in [0.29, 0.717) is 17.4 Å². The Bertz CT molecular complexity index is 636. The van der Waals surface area contributed by atoms with Gasteiger partial charge in [0.2, 0.25) is 5.95 Å². The fourth-order valence-electron chi connectivity index (χ4n) is 1.95. The lowest BCUT2D eigenvalue weighted by molar-refractivity contribution is 0.354. The zero-order valence-corrected chi connectivity index (χ0v) is 12.5. The molecule has 0 unspecified atom stereocenters. The minimum Gasteiger partial charge on any atom is -0.493 e. The smallest absolute Gasteiger partial charge is 0.243 e. The van der Waals surface area contributed by atoms with Crippen molar-refractivity contribution in [2.75, 3.05) is 19.6 Å². The maximum atomic E-state index is 5.33. The van der Waals surface area contributed by atoms with E-state index < -0.39 is 0 Å². The zero-order chi connectivity index (χ0) is 15.2. The summed E-state index contributed by atoms with van der Waals surface area (Å²) in [5.41, 5.74) is 5.39. The summed E-state index contributed by atoms with van der Waals surface area (Å²) in [6, 6.07) is 7.49. The lowest BCUT2D eigenvalue weighted by Gasteiger charge is -2.09. The van der Waals surface area contributed by atoms with Crippen molar-refractivity contribution in [3.63, 3.8) is 0 Å². The topological polar surface area (TPSA) is 68.6 Å². The molecule has 0 aliphatic carbocycles. The Balaban J connectivity index is 2.18. The van der Waals surface area contributed by atoms with Gasteiger partial charge in [0.15, 0.2) is 11.5 Å². The SMILES string of the molecule is COc1cccc(/C=N\Nc2nc(C)cc(C)n2)c1OC. The number of anilines is 1. The molecule has 0 aliphatic heterocycles. The number of nitrogens with one attached hydrogen (secondary N) is 1. The number of hydrogen-bond acceptors (Lipinski definition) is 6. The first-order chi connectivity index (χ1) is 10.1. The van der Waals surface area contributed by atoms with Gasteiger partial charge in [0.05, 0.1) is 20.4 Å². The second-order valence-corrected chi connectivity index (χ2v) is 4.43. The van der Waals surface area contributed by atoms with E-state index in [9.17, 15) is 0 Å². The summed E-state index contributed by atoms with van der Waals surface area (Å²) < 4.78 is 10.6. The Hall–Kier alpha value is -2.63. The average Bonchev–Trinajstić information content (AvgIpc) is 2.45. The van der Waals surface area contributed by atoms with Crippen molar-refractivity contribution in [1.29, 1.82) is 0 Å². The van der Waals surface area contributed by atoms with Crippen LogP contribution < -0.4 is 14.9 Å². The highest BCUT2D eigenvalue weighted by Crippen LogP contribution is 2.29. The second kappa shape index (κ2) is 6.69. The number of aromatic nitrogens is 2. The van der Waals surface area contributed by atoms with Gasteiger partial charge in [0.25, 0.3) is 0 Å². The van der Waals surface area contributed by atoms with Crippen molar-refractivity contribution in [2.24, 2.45) is 5.10 Å². The van der Waals surface area contributed by atoms with Gasteiger partial charge in [-0.25, -0.2) is 15.4 Å². The van der Waals surface area contributed by atoms with Crippen LogP contribution in [0, 0.1) is 13.8 Å². The third-order valence-corrected chi connectivity index (χ3v) is 2.78. The number of para-hydroxylation sites is 1. The minimum absolute atomic E-state index is 0.464. The van der Waals surface area contributed by atoms with Gasteiger partial charge in [-0.15, -0.1) is 0 Å². The number of hydrazone groups is 1. The Kier molecular flexibility index (Phi) is 4.71. The standard InChI is InChI=1S/C15H18N4O2/c1-10-8-11(2)18-15(17-10)19-16-9-12-6-5-7-13(20-3)14(12)21-4/h5-9H,1-4H3,(H,17,18,19)/b16-9-. The summed E-state index contributed by atoms with van der Waals surface area (Å²) >= 11 is 0. The third kappa shape index (κ3) is 3.68. The summed E-state index contributed by atoms with van der Waals surface area (Å²) in [6.07, 6.45) is 1.64. The van der Waals surface area contributed by atoms with Crippen molar-refractivity contribution in [3.8, 4) is 11.5 Å². The maximum absolute atomic E-state index is 5.33. The van der Waals surface area contributed by atoms with Gasteiger partial charge in [0.1, 0.15) is 0 Å². The molecule has 0 fully saturated rings. The molecule has 1 heterocycles. The van der Waals surface area contributed by atoms with Crippen molar-refractivity contribution in [1.82, 2.24) is 9.97 Å². The minimum atomic E-state index is 0.464. The predicted octanol–water partition coefficient (Wildman–Crippen LogP) is 2.56. The molecule has 2 aromatic rings. The monoisotopic (exact) mass is 286 g/mol. The molecule has 0 aliphatic rings. The van der Waals surface area contributed by atoms with Gasteiger partial charge in [-0.3, -0.25) is 0 Å². The van der Waals surface area contributed by atoms with Gasteiger partial charge >= 0.3 is 0 Å². The van der Waals surface area contributed by atoms with E-state index in [1.54, 1.807) is 20.4 Å². The molecule has 0 atom stereocenters. The van der Waals surface area contributed by atoms with Crippen LogP contribution in [-0.2, 0) is 0 Å². The molecule has 6 nitrogen and oxygen atoms in total. The van der Waals surface area contributed by atoms with Crippen LogP contribution in [0.3, 0.4) is 0 Å².